The van der Waals surface area contributed by atoms with Crippen LogP contribution in [0.5, 0.6) is 0 Å². The van der Waals surface area contributed by atoms with Crippen molar-refractivity contribution in [2.75, 3.05) is 13.1 Å². The highest BCUT2D eigenvalue weighted by atomic mass is 35.5. The summed E-state index contributed by atoms with van der Waals surface area (Å²) < 4.78 is 13.6. The van der Waals surface area contributed by atoms with Crippen LogP contribution in [0.1, 0.15) is 38.3 Å². The molecule has 1 fully saturated rings. The Morgan fingerprint density at radius 2 is 2.10 bits per heavy atom. The quantitative estimate of drug-likeness (QED) is 0.832. The van der Waals surface area contributed by atoms with Gasteiger partial charge in [-0.3, -0.25) is 4.79 Å². The number of halogens is 3. The van der Waals surface area contributed by atoms with Gasteiger partial charge in [-0.25, -0.2) is 4.39 Å². The van der Waals surface area contributed by atoms with Crippen LogP contribution in [0.3, 0.4) is 0 Å². The summed E-state index contributed by atoms with van der Waals surface area (Å²) in [6, 6.07) is 2.63. The van der Waals surface area contributed by atoms with Crippen molar-refractivity contribution in [3.05, 3.63) is 33.6 Å². The van der Waals surface area contributed by atoms with E-state index in [-0.39, 0.29) is 23.0 Å². The number of likely N-dealkylation sites (tertiary alicyclic amines) is 1. The number of rotatable bonds is 5. The van der Waals surface area contributed by atoms with Crippen molar-refractivity contribution in [3.8, 4) is 0 Å². The summed E-state index contributed by atoms with van der Waals surface area (Å²) in [6.45, 7) is 5.31. The Kier molecular flexibility index (Phi) is 5.47. The number of amides is 1. The van der Waals surface area contributed by atoms with E-state index in [0.29, 0.717) is 23.6 Å². The maximum Gasteiger partial charge on any atom is 0.222 e. The monoisotopic (exact) mass is 332 g/mol. The zero-order valence-electron chi connectivity index (χ0n) is 12.1. The second-order valence-corrected chi connectivity index (χ2v) is 6.27. The molecule has 2 unspecified atom stereocenters. The lowest BCUT2D eigenvalue weighted by molar-refractivity contribution is -0.127. The van der Waals surface area contributed by atoms with Gasteiger partial charge in [-0.1, -0.05) is 23.2 Å². The summed E-state index contributed by atoms with van der Waals surface area (Å²) in [7, 11) is 0. The topological polar surface area (TPSA) is 32.3 Å². The molecule has 0 saturated carbocycles. The molecule has 2 atom stereocenters. The van der Waals surface area contributed by atoms with E-state index in [1.807, 2.05) is 18.7 Å². The van der Waals surface area contributed by atoms with Crippen molar-refractivity contribution < 1.29 is 9.18 Å². The van der Waals surface area contributed by atoms with Gasteiger partial charge in [0, 0.05) is 42.2 Å². The molecule has 21 heavy (non-hydrogen) atoms. The molecule has 116 valence electrons. The first-order valence-corrected chi connectivity index (χ1v) is 7.83. The molecule has 1 N–H and O–H groups in total. The summed E-state index contributed by atoms with van der Waals surface area (Å²) in [4.78, 5) is 13.5. The average molecular weight is 333 g/mol. The zero-order chi connectivity index (χ0) is 15.6. The first-order chi connectivity index (χ1) is 9.90. The smallest absolute Gasteiger partial charge is 0.222 e. The Morgan fingerprint density at radius 3 is 2.71 bits per heavy atom. The fraction of sp³-hybridized carbons (Fsp3) is 0.533. The first-order valence-electron chi connectivity index (χ1n) is 7.07. The lowest BCUT2D eigenvalue weighted by atomic mass is 10.1. The molecule has 3 nitrogen and oxygen atoms in total. The molecule has 0 radical (unpaired) electrons. The minimum absolute atomic E-state index is 0.0481. The number of carbonyl (C=O) groups is 1. The third-order valence-corrected chi connectivity index (χ3v) is 4.43. The number of hydrogen-bond acceptors (Lipinski definition) is 2. The van der Waals surface area contributed by atoms with Gasteiger partial charge in [-0.05, 0) is 32.4 Å². The molecule has 1 aromatic carbocycles. The van der Waals surface area contributed by atoms with Gasteiger partial charge in [-0.15, -0.1) is 0 Å². The van der Waals surface area contributed by atoms with E-state index in [9.17, 15) is 9.18 Å². The van der Waals surface area contributed by atoms with Crippen molar-refractivity contribution in [2.45, 2.75) is 38.8 Å². The summed E-state index contributed by atoms with van der Waals surface area (Å²) in [5.41, 5.74) is 0.554. The second kappa shape index (κ2) is 6.95. The van der Waals surface area contributed by atoms with Crippen LogP contribution in [0.15, 0.2) is 12.1 Å². The van der Waals surface area contributed by atoms with Crippen LogP contribution < -0.4 is 5.32 Å². The Morgan fingerprint density at radius 1 is 1.38 bits per heavy atom. The number of carbonyl (C=O) groups excluding carboxylic acids is 1. The van der Waals surface area contributed by atoms with Crippen molar-refractivity contribution >= 4 is 29.1 Å². The Bertz CT molecular complexity index is 539. The largest absolute Gasteiger partial charge is 0.341 e. The molecule has 2 rings (SSSR count). The molecular weight excluding hydrogens is 314 g/mol. The molecule has 1 aliphatic heterocycles. The molecule has 1 aromatic rings. The normalized spacial score (nSPS) is 18.1. The average Bonchev–Trinajstić information content (AvgIpc) is 2.80. The van der Waals surface area contributed by atoms with Gasteiger partial charge in [-0.2, -0.15) is 0 Å². The maximum atomic E-state index is 13.6. The van der Waals surface area contributed by atoms with Crippen LogP contribution in [-0.4, -0.2) is 29.9 Å². The molecule has 1 heterocycles. The highest BCUT2D eigenvalue weighted by Crippen LogP contribution is 2.32. The second-order valence-electron chi connectivity index (χ2n) is 5.49. The zero-order valence-corrected chi connectivity index (χ0v) is 13.6. The van der Waals surface area contributed by atoms with Gasteiger partial charge in [0.05, 0.1) is 5.02 Å². The van der Waals surface area contributed by atoms with Crippen LogP contribution in [0.25, 0.3) is 0 Å². The molecular formula is C15H19Cl2FN2O. The fourth-order valence-electron chi connectivity index (χ4n) is 2.73. The summed E-state index contributed by atoms with van der Waals surface area (Å²) in [6.07, 6.45) is 1.55. The van der Waals surface area contributed by atoms with Crippen LogP contribution in [-0.2, 0) is 4.79 Å². The van der Waals surface area contributed by atoms with E-state index in [2.05, 4.69) is 5.32 Å². The highest BCUT2D eigenvalue weighted by Gasteiger charge is 2.23. The van der Waals surface area contributed by atoms with E-state index in [0.717, 1.165) is 13.0 Å². The number of nitrogens with one attached hydrogen (secondary N) is 1. The molecule has 1 amide bonds. The summed E-state index contributed by atoms with van der Waals surface area (Å²) >= 11 is 12.1. The van der Waals surface area contributed by atoms with Crippen LogP contribution in [0, 0.1) is 5.82 Å². The van der Waals surface area contributed by atoms with Gasteiger partial charge < -0.3 is 10.2 Å². The highest BCUT2D eigenvalue weighted by molar-refractivity contribution is 6.36. The van der Waals surface area contributed by atoms with E-state index in [1.165, 1.54) is 12.1 Å². The van der Waals surface area contributed by atoms with Gasteiger partial charge in [0.1, 0.15) is 5.82 Å². The van der Waals surface area contributed by atoms with E-state index in [4.69, 9.17) is 23.2 Å². The van der Waals surface area contributed by atoms with Crippen molar-refractivity contribution in [1.29, 1.82) is 0 Å². The minimum Gasteiger partial charge on any atom is -0.341 e. The molecule has 6 heteroatoms. The van der Waals surface area contributed by atoms with Gasteiger partial charge >= 0.3 is 0 Å². The van der Waals surface area contributed by atoms with Crippen LogP contribution in [0.2, 0.25) is 10.0 Å². The van der Waals surface area contributed by atoms with Crippen molar-refractivity contribution in [3.63, 3.8) is 0 Å². The molecule has 1 aliphatic rings. The Balaban J connectivity index is 2.02. The molecule has 0 aliphatic carbocycles. The van der Waals surface area contributed by atoms with Gasteiger partial charge in [0.25, 0.3) is 0 Å². The van der Waals surface area contributed by atoms with Gasteiger partial charge in [0.2, 0.25) is 5.91 Å². The van der Waals surface area contributed by atoms with Gasteiger partial charge in [0.15, 0.2) is 0 Å². The minimum atomic E-state index is -0.480. The summed E-state index contributed by atoms with van der Waals surface area (Å²) in [5.74, 6) is -0.287. The Hall–Kier alpha value is -0.840. The Labute approximate surface area is 134 Å². The molecule has 0 aromatic heterocycles. The van der Waals surface area contributed by atoms with E-state index in [1.54, 1.807) is 0 Å². The maximum absolute atomic E-state index is 13.6. The van der Waals surface area contributed by atoms with E-state index < -0.39 is 5.82 Å². The van der Waals surface area contributed by atoms with Crippen LogP contribution >= 0.6 is 23.2 Å². The summed E-state index contributed by atoms with van der Waals surface area (Å²) in [5, 5.41) is 3.81. The number of nitrogens with zero attached hydrogens (tertiary/aromatic N) is 1. The SMILES string of the molecule is CC(CN1CCCC1=O)NC(C)c1c(Cl)ccc(F)c1Cl. The number of benzene rings is 1. The predicted octanol–water partition coefficient (Wildman–Crippen LogP) is 3.79. The fourth-order valence-corrected chi connectivity index (χ4v) is 3.43. The third kappa shape index (κ3) is 3.87. The molecule has 1 saturated heterocycles. The predicted molar refractivity (Wildman–Crippen MR) is 83.2 cm³/mol. The lowest BCUT2D eigenvalue weighted by Crippen LogP contribution is -2.40. The molecule has 0 bridgehead atoms. The molecule has 0 spiro atoms. The van der Waals surface area contributed by atoms with E-state index >= 15 is 0 Å². The lowest BCUT2D eigenvalue weighted by Gasteiger charge is -2.26. The standard InChI is InChI=1S/C15H19Cl2FN2O/c1-9(8-20-7-3-4-13(20)21)19-10(2)14-11(16)5-6-12(18)15(14)17/h5-6,9-10,19H,3-4,7-8H2,1-2H3. The first kappa shape index (κ1) is 16.5. The van der Waals surface area contributed by atoms with Crippen molar-refractivity contribution in [2.24, 2.45) is 0 Å². The van der Waals surface area contributed by atoms with Crippen molar-refractivity contribution in [1.82, 2.24) is 10.2 Å². The number of hydrogen-bond donors (Lipinski definition) is 1. The van der Waals surface area contributed by atoms with Crippen LogP contribution in [0.4, 0.5) is 4.39 Å². The third-order valence-electron chi connectivity index (χ3n) is 3.71.